The van der Waals surface area contributed by atoms with Crippen molar-refractivity contribution >= 4 is 0 Å². The van der Waals surface area contributed by atoms with Gasteiger partial charge in [-0.2, -0.15) is 0 Å². The van der Waals surface area contributed by atoms with Crippen LogP contribution in [0.2, 0.25) is 0 Å². The van der Waals surface area contributed by atoms with E-state index in [0.717, 1.165) is 24.9 Å². The summed E-state index contributed by atoms with van der Waals surface area (Å²) in [7, 11) is 2.20. The third-order valence-electron chi connectivity index (χ3n) is 2.59. The molecular formula is C12H28N2. The molecule has 0 fully saturated rings. The molecule has 0 radical (unpaired) electrons. The topological polar surface area (TPSA) is 29.3 Å². The zero-order valence-electron chi connectivity index (χ0n) is 10.6. The van der Waals surface area contributed by atoms with Crippen molar-refractivity contribution in [2.75, 3.05) is 20.1 Å². The van der Waals surface area contributed by atoms with E-state index in [9.17, 15) is 0 Å². The van der Waals surface area contributed by atoms with Gasteiger partial charge in [0, 0.05) is 19.1 Å². The summed E-state index contributed by atoms with van der Waals surface area (Å²) in [6.07, 6.45) is 2.57. The Morgan fingerprint density at radius 1 is 1.00 bits per heavy atom. The lowest BCUT2D eigenvalue weighted by Crippen LogP contribution is -2.37. The van der Waals surface area contributed by atoms with Gasteiger partial charge in [-0.3, -0.25) is 0 Å². The van der Waals surface area contributed by atoms with E-state index in [4.69, 9.17) is 5.73 Å². The van der Waals surface area contributed by atoms with Crippen LogP contribution in [0, 0.1) is 11.8 Å². The maximum absolute atomic E-state index is 5.59. The molecule has 0 unspecified atom stereocenters. The maximum atomic E-state index is 5.59. The van der Waals surface area contributed by atoms with Crippen molar-refractivity contribution in [3.8, 4) is 0 Å². The Kier molecular flexibility index (Phi) is 7.20. The van der Waals surface area contributed by atoms with Crippen LogP contribution in [0.3, 0.4) is 0 Å². The Bertz CT molecular complexity index is 122. The van der Waals surface area contributed by atoms with E-state index < -0.39 is 0 Å². The third-order valence-corrected chi connectivity index (χ3v) is 2.59. The van der Waals surface area contributed by atoms with Gasteiger partial charge in [-0.25, -0.2) is 0 Å². The summed E-state index contributed by atoms with van der Waals surface area (Å²) in [4.78, 5) is 2.42. The Balaban J connectivity index is 4.08. The van der Waals surface area contributed by atoms with E-state index in [0.29, 0.717) is 6.04 Å². The highest BCUT2D eigenvalue weighted by molar-refractivity contribution is 4.72. The number of nitrogens with zero attached hydrogens (tertiary/aromatic N) is 1. The van der Waals surface area contributed by atoms with E-state index >= 15 is 0 Å². The molecule has 2 heteroatoms. The minimum absolute atomic E-state index is 0.707. The maximum Gasteiger partial charge on any atom is 0.0104 e. The first kappa shape index (κ1) is 13.9. The molecule has 86 valence electrons. The van der Waals surface area contributed by atoms with Crippen molar-refractivity contribution < 1.29 is 0 Å². The normalized spacial score (nSPS) is 12.4. The molecule has 0 amide bonds. The lowest BCUT2D eigenvalue weighted by atomic mass is 9.94. The fourth-order valence-corrected chi connectivity index (χ4v) is 1.93. The van der Waals surface area contributed by atoms with Crippen LogP contribution in [-0.4, -0.2) is 31.1 Å². The zero-order valence-corrected chi connectivity index (χ0v) is 10.6. The average Bonchev–Trinajstić information content (AvgIpc) is 2.01. The van der Waals surface area contributed by atoms with E-state index in [1.165, 1.54) is 12.8 Å². The highest BCUT2D eigenvalue weighted by atomic mass is 15.1. The monoisotopic (exact) mass is 200 g/mol. The smallest absolute Gasteiger partial charge is 0.0104 e. The van der Waals surface area contributed by atoms with E-state index in [1.54, 1.807) is 0 Å². The Morgan fingerprint density at radius 2 is 1.43 bits per heavy atom. The molecule has 0 aliphatic heterocycles. The van der Waals surface area contributed by atoms with E-state index in [1.807, 2.05) is 0 Å². The molecule has 0 rings (SSSR count). The molecule has 0 aromatic heterocycles. The van der Waals surface area contributed by atoms with Crippen LogP contribution < -0.4 is 5.73 Å². The molecule has 0 aromatic carbocycles. The minimum Gasteiger partial charge on any atom is -0.329 e. The summed E-state index contributed by atoms with van der Waals surface area (Å²) >= 11 is 0. The molecule has 0 atom stereocenters. The van der Waals surface area contributed by atoms with Gasteiger partial charge in [0.15, 0.2) is 0 Å². The van der Waals surface area contributed by atoms with Gasteiger partial charge in [0.25, 0.3) is 0 Å². The number of hydrogen-bond donors (Lipinski definition) is 1. The number of nitrogens with two attached hydrogens (primary N) is 1. The number of likely N-dealkylation sites (N-methyl/N-ethyl adjacent to an activating group) is 1. The van der Waals surface area contributed by atoms with Crippen LogP contribution in [-0.2, 0) is 0 Å². The summed E-state index contributed by atoms with van der Waals surface area (Å²) in [5.74, 6) is 1.55. The van der Waals surface area contributed by atoms with Gasteiger partial charge in [-0.05, 0) is 31.7 Å². The zero-order chi connectivity index (χ0) is 11.1. The largest absolute Gasteiger partial charge is 0.329 e. The molecule has 2 nitrogen and oxygen atoms in total. The summed E-state index contributed by atoms with van der Waals surface area (Å²) in [5.41, 5.74) is 5.59. The minimum atomic E-state index is 0.707. The highest BCUT2D eigenvalue weighted by Crippen LogP contribution is 2.17. The second-order valence-corrected chi connectivity index (χ2v) is 5.18. The first-order chi connectivity index (χ1) is 6.47. The van der Waals surface area contributed by atoms with Gasteiger partial charge in [-0.1, -0.05) is 27.7 Å². The molecule has 0 bridgehead atoms. The predicted octanol–water partition coefficient (Wildman–Crippen LogP) is 2.34. The average molecular weight is 200 g/mol. The van der Waals surface area contributed by atoms with E-state index in [-0.39, 0.29) is 0 Å². The summed E-state index contributed by atoms with van der Waals surface area (Å²) in [6, 6.07) is 0.707. The van der Waals surface area contributed by atoms with Crippen LogP contribution in [0.1, 0.15) is 40.5 Å². The number of rotatable bonds is 7. The Morgan fingerprint density at radius 3 is 1.71 bits per heavy atom. The van der Waals surface area contributed by atoms with Crippen LogP contribution in [0.15, 0.2) is 0 Å². The fourth-order valence-electron chi connectivity index (χ4n) is 1.93. The van der Waals surface area contributed by atoms with Gasteiger partial charge in [-0.15, -0.1) is 0 Å². The highest BCUT2D eigenvalue weighted by Gasteiger charge is 2.16. The molecule has 0 aliphatic rings. The molecular weight excluding hydrogens is 172 g/mol. The van der Waals surface area contributed by atoms with Gasteiger partial charge >= 0.3 is 0 Å². The fraction of sp³-hybridized carbons (Fsp3) is 1.00. The Labute approximate surface area is 89.9 Å². The summed E-state index contributed by atoms with van der Waals surface area (Å²) < 4.78 is 0. The molecule has 0 aromatic rings. The SMILES string of the molecule is CC(C)CC(CC(C)C)N(C)CCN. The van der Waals surface area contributed by atoms with Crippen molar-refractivity contribution in [1.29, 1.82) is 0 Å². The molecule has 0 saturated carbocycles. The van der Waals surface area contributed by atoms with Crippen LogP contribution in [0.25, 0.3) is 0 Å². The van der Waals surface area contributed by atoms with Crippen molar-refractivity contribution in [3.63, 3.8) is 0 Å². The summed E-state index contributed by atoms with van der Waals surface area (Å²) in [5, 5.41) is 0. The van der Waals surface area contributed by atoms with Crippen molar-refractivity contribution in [2.45, 2.75) is 46.6 Å². The van der Waals surface area contributed by atoms with Gasteiger partial charge in [0.1, 0.15) is 0 Å². The first-order valence-electron chi connectivity index (χ1n) is 5.87. The quantitative estimate of drug-likeness (QED) is 0.683. The standard InChI is InChI=1S/C12H28N2/c1-10(2)8-12(9-11(3)4)14(5)7-6-13/h10-12H,6-9,13H2,1-5H3. The molecule has 0 heterocycles. The molecule has 0 saturated heterocycles. The molecule has 14 heavy (non-hydrogen) atoms. The van der Waals surface area contributed by atoms with E-state index in [2.05, 4.69) is 39.6 Å². The van der Waals surface area contributed by atoms with Crippen molar-refractivity contribution in [2.24, 2.45) is 17.6 Å². The van der Waals surface area contributed by atoms with Gasteiger partial charge in [0.2, 0.25) is 0 Å². The van der Waals surface area contributed by atoms with Crippen molar-refractivity contribution in [1.82, 2.24) is 4.90 Å². The molecule has 0 spiro atoms. The molecule has 0 aliphatic carbocycles. The van der Waals surface area contributed by atoms with Crippen LogP contribution in [0.5, 0.6) is 0 Å². The second kappa shape index (κ2) is 7.24. The lowest BCUT2D eigenvalue weighted by Gasteiger charge is -2.30. The van der Waals surface area contributed by atoms with Gasteiger partial charge < -0.3 is 10.6 Å². The van der Waals surface area contributed by atoms with Gasteiger partial charge in [0.05, 0.1) is 0 Å². The predicted molar refractivity (Wildman–Crippen MR) is 64.4 cm³/mol. The third kappa shape index (κ3) is 6.39. The summed E-state index contributed by atoms with van der Waals surface area (Å²) in [6.45, 7) is 11.0. The van der Waals surface area contributed by atoms with Crippen LogP contribution in [0.4, 0.5) is 0 Å². The second-order valence-electron chi connectivity index (χ2n) is 5.18. The Hall–Kier alpha value is -0.0800. The van der Waals surface area contributed by atoms with Crippen LogP contribution >= 0.6 is 0 Å². The first-order valence-corrected chi connectivity index (χ1v) is 5.87. The lowest BCUT2D eigenvalue weighted by molar-refractivity contribution is 0.191. The van der Waals surface area contributed by atoms with Crippen molar-refractivity contribution in [3.05, 3.63) is 0 Å². The number of hydrogen-bond acceptors (Lipinski definition) is 2. The molecule has 2 N–H and O–H groups in total.